The van der Waals surface area contributed by atoms with Crippen LogP contribution in [0, 0.1) is 5.92 Å². The second kappa shape index (κ2) is 8.55. The highest BCUT2D eigenvalue weighted by Gasteiger charge is 2.24. The van der Waals surface area contributed by atoms with Crippen LogP contribution in [0.2, 0.25) is 0 Å². The van der Waals surface area contributed by atoms with Crippen molar-refractivity contribution in [1.82, 2.24) is 10.2 Å². The molecule has 1 N–H and O–H groups in total. The predicted molar refractivity (Wildman–Crippen MR) is 109 cm³/mol. The number of aryl methyl sites for hydroxylation is 1. The first kappa shape index (κ1) is 18.7. The third-order valence-corrected chi connectivity index (χ3v) is 6.84. The Labute approximate surface area is 165 Å². The van der Waals surface area contributed by atoms with Gasteiger partial charge in [-0.2, -0.15) is 0 Å². The first-order valence-electron chi connectivity index (χ1n) is 9.96. The van der Waals surface area contributed by atoms with Crippen LogP contribution < -0.4 is 5.32 Å². The van der Waals surface area contributed by atoms with Crippen molar-refractivity contribution in [3.05, 3.63) is 57.3 Å². The summed E-state index contributed by atoms with van der Waals surface area (Å²) in [5, 5.41) is 3.31. The average Bonchev–Trinajstić information content (AvgIpc) is 3.12. The minimum Gasteiger partial charge on any atom is -0.379 e. The number of amides is 1. The summed E-state index contributed by atoms with van der Waals surface area (Å²) in [7, 11) is 0. The van der Waals surface area contributed by atoms with Crippen LogP contribution in [0.5, 0.6) is 0 Å². The smallest absolute Gasteiger partial charge is 0.261 e. The standard InChI is InChI=1S/C22H28N2O2S/c1-16-7-8-20-18(13-16)14-21(27-20)22(25)23-19(17-5-3-2-4-6-17)15-24-9-11-26-12-10-24/h2-6,14,16,19H,7-13,15H2,1H3,(H,23,25)/t16-,19-/m1/s1. The van der Waals surface area contributed by atoms with Crippen LogP contribution in [0.3, 0.4) is 0 Å². The molecule has 1 aromatic carbocycles. The van der Waals surface area contributed by atoms with E-state index in [1.165, 1.54) is 16.9 Å². The SMILES string of the molecule is C[C@@H]1CCc2sc(C(=O)N[C@H](CN3CCOCC3)c3ccccc3)cc2C1. The van der Waals surface area contributed by atoms with Gasteiger partial charge in [0.1, 0.15) is 0 Å². The largest absolute Gasteiger partial charge is 0.379 e. The van der Waals surface area contributed by atoms with Gasteiger partial charge < -0.3 is 10.1 Å². The lowest BCUT2D eigenvalue weighted by molar-refractivity contribution is 0.0332. The number of thiophene rings is 1. The highest BCUT2D eigenvalue weighted by Crippen LogP contribution is 2.32. The van der Waals surface area contributed by atoms with Crippen LogP contribution in [0.4, 0.5) is 0 Å². The maximum atomic E-state index is 13.0. The molecule has 1 saturated heterocycles. The Hall–Kier alpha value is -1.69. The van der Waals surface area contributed by atoms with E-state index in [4.69, 9.17) is 4.74 Å². The second-order valence-corrected chi connectivity index (χ2v) is 8.89. The van der Waals surface area contributed by atoms with E-state index in [-0.39, 0.29) is 11.9 Å². The number of nitrogens with one attached hydrogen (secondary N) is 1. The van der Waals surface area contributed by atoms with Crippen molar-refractivity contribution < 1.29 is 9.53 Å². The van der Waals surface area contributed by atoms with Gasteiger partial charge in [0.05, 0.1) is 24.1 Å². The monoisotopic (exact) mass is 384 g/mol. The maximum absolute atomic E-state index is 13.0. The fourth-order valence-corrected chi connectivity index (χ4v) is 5.12. The topological polar surface area (TPSA) is 41.6 Å². The Morgan fingerprint density at radius 3 is 2.85 bits per heavy atom. The highest BCUT2D eigenvalue weighted by molar-refractivity contribution is 7.14. The number of hydrogen-bond donors (Lipinski definition) is 1. The molecular weight excluding hydrogens is 356 g/mol. The molecule has 0 radical (unpaired) electrons. The van der Waals surface area contributed by atoms with Crippen LogP contribution in [0.15, 0.2) is 36.4 Å². The molecule has 2 atom stereocenters. The number of carbonyl (C=O) groups excluding carboxylic acids is 1. The van der Waals surface area contributed by atoms with E-state index in [1.54, 1.807) is 11.3 Å². The average molecular weight is 385 g/mol. The Morgan fingerprint density at radius 1 is 1.30 bits per heavy atom. The number of fused-ring (bicyclic) bond motifs is 1. The van der Waals surface area contributed by atoms with E-state index in [1.807, 2.05) is 18.2 Å². The van der Waals surface area contributed by atoms with Crippen LogP contribution >= 0.6 is 11.3 Å². The molecule has 2 aliphatic rings. The van der Waals surface area contributed by atoms with Crippen molar-refractivity contribution in [2.45, 2.75) is 32.2 Å². The molecule has 1 aliphatic carbocycles. The molecule has 0 saturated carbocycles. The first-order chi connectivity index (χ1) is 13.2. The first-order valence-corrected chi connectivity index (χ1v) is 10.8. The molecular formula is C22H28N2O2S. The Balaban J connectivity index is 1.49. The summed E-state index contributed by atoms with van der Waals surface area (Å²) in [4.78, 5) is 17.7. The van der Waals surface area contributed by atoms with Gasteiger partial charge in [-0.1, -0.05) is 37.3 Å². The van der Waals surface area contributed by atoms with Gasteiger partial charge in [-0.3, -0.25) is 9.69 Å². The van der Waals surface area contributed by atoms with Crippen LogP contribution in [0.25, 0.3) is 0 Å². The summed E-state index contributed by atoms with van der Waals surface area (Å²) in [5.74, 6) is 0.783. The summed E-state index contributed by atoms with van der Waals surface area (Å²) in [6, 6.07) is 12.4. The predicted octanol–water partition coefficient (Wildman–Crippen LogP) is 3.68. The molecule has 27 heavy (non-hydrogen) atoms. The third kappa shape index (κ3) is 4.60. The van der Waals surface area contributed by atoms with Crippen LogP contribution in [0.1, 0.15) is 45.1 Å². The minimum atomic E-state index is -0.00477. The zero-order valence-corrected chi connectivity index (χ0v) is 16.8. The van der Waals surface area contributed by atoms with Gasteiger partial charge in [-0.05, 0) is 42.4 Å². The zero-order chi connectivity index (χ0) is 18.6. The van der Waals surface area contributed by atoms with Gasteiger partial charge in [0, 0.05) is 24.5 Å². The van der Waals surface area contributed by atoms with Crippen molar-refractivity contribution in [1.29, 1.82) is 0 Å². The molecule has 4 rings (SSSR count). The second-order valence-electron chi connectivity index (χ2n) is 7.76. The van der Waals surface area contributed by atoms with Crippen molar-refractivity contribution in [3.63, 3.8) is 0 Å². The number of nitrogens with zero attached hydrogens (tertiary/aromatic N) is 1. The highest BCUT2D eigenvalue weighted by atomic mass is 32.1. The van der Waals surface area contributed by atoms with E-state index < -0.39 is 0 Å². The molecule has 1 aromatic heterocycles. The summed E-state index contributed by atoms with van der Waals surface area (Å²) >= 11 is 1.68. The summed E-state index contributed by atoms with van der Waals surface area (Å²) in [6.07, 6.45) is 3.46. The van der Waals surface area contributed by atoms with Crippen LogP contribution in [-0.4, -0.2) is 43.7 Å². The fourth-order valence-electron chi connectivity index (χ4n) is 4.01. The molecule has 0 unspecified atom stereocenters. The molecule has 0 spiro atoms. The normalized spacial score (nSPS) is 21.4. The summed E-state index contributed by atoms with van der Waals surface area (Å²) < 4.78 is 5.47. The zero-order valence-electron chi connectivity index (χ0n) is 15.9. The van der Waals surface area contributed by atoms with E-state index in [9.17, 15) is 4.79 Å². The molecule has 2 aromatic rings. The van der Waals surface area contributed by atoms with Gasteiger partial charge >= 0.3 is 0 Å². The number of carbonyl (C=O) groups is 1. The Morgan fingerprint density at radius 2 is 2.07 bits per heavy atom. The van der Waals surface area contributed by atoms with E-state index in [2.05, 4.69) is 35.3 Å². The third-order valence-electron chi connectivity index (χ3n) is 5.60. The molecule has 1 amide bonds. The van der Waals surface area contributed by atoms with Gasteiger partial charge in [-0.25, -0.2) is 0 Å². The molecule has 0 bridgehead atoms. The molecule has 144 valence electrons. The number of ether oxygens (including phenoxy) is 1. The Kier molecular flexibility index (Phi) is 5.91. The van der Waals surface area contributed by atoms with Crippen LogP contribution in [-0.2, 0) is 17.6 Å². The lowest BCUT2D eigenvalue weighted by Crippen LogP contribution is -2.43. The summed E-state index contributed by atoms with van der Waals surface area (Å²) in [6.45, 7) is 6.50. The van der Waals surface area contributed by atoms with Crippen molar-refractivity contribution >= 4 is 17.2 Å². The van der Waals surface area contributed by atoms with Crippen molar-refractivity contribution in [3.8, 4) is 0 Å². The number of morpholine rings is 1. The molecule has 2 heterocycles. The molecule has 1 fully saturated rings. The van der Waals surface area contributed by atoms with Gasteiger partial charge in [0.15, 0.2) is 0 Å². The Bertz CT molecular complexity index is 768. The van der Waals surface area contributed by atoms with E-state index in [0.29, 0.717) is 0 Å². The number of rotatable bonds is 5. The van der Waals surface area contributed by atoms with Crippen molar-refractivity contribution in [2.24, 2.45) is 5.92 Å². The molecule has 1 aliphatic heterocycles. The fraction of sp³-hybridized carbons (Fsp3) is 0.500. The van der Waals surface area contributed by atoms with Crippen molar-refractivity contribution in [2.75, 3.05) is 32.8 Å². The van der Waals surface area contributed by atoms with Gasteiger partial charge in [0.25, 0.3) is 5.91 Å². The van der Waals surface area contributed by atoms with Gasteiger partial charge in [0.2, 0.25) is 0 Å². The number of hydrogen-bond acceptors (Lipinski definition) is 4. The minimum absolute atomic E-state index is 0.00477. The lowest BCUT2D eigenvalue weighted by Gasteiger charge is -2.31. The number of benzene rings is 1. The quantitative estimate of drug-likeness (QED) is 0.855. The van der Waals surface area contributed by atoms with Gasteiger partial charge in [-0.15, -0.1) is 11.3 Å². The van der Waals surface area contributed by atoms with E-state index >= 15 is 0 Å². The molecule has 5 heteroatoms. The molecule has 4 nitrogen and oxygen atoms in total. The lowest BCUT2D eigenvalue weighted by atomic mass is 9.90. The van der Waals surface area contributed by atoms with E-state index in [0.717, 1.165) is 62.0 Å². The maximum Gasteiger partial charge on any atom is 0.261 e. The summed E-state index contributed by atoms with van der Waals surface area (Å²) in [5.41, 5.74) is 2.54.